The molecule has 9 heteroatoms. The van der Waals surface area contributed by atoms with Crippen molar-refractivity contribution in [2.75, 3.05) is 37.6 Å². The van der Waals surface area contributed by atoms with Gasteiger partial charge in [0, 0.05) is 32.4 Å². The predicted molar refractivity (Wildman–Crippen MR) is 125 cm³/mol. The van der Waals surface area contributed by atoms with E-state index in [1.165, 1.54) is 16.7 Å². The highest BCUT2D eigenvalue weighted by atomic mass is 16.3. The Labute approximate surface area is 191 Å². The van der Waals surface area contributed by atoms with Gasteiger partial charge in [0.05, 0.1) is 18.4 Å². The van der Waals surface area contributed by atoms with Crippen molar-refractivity contribution in [3.8, 4) is 6.07 Å². The zero-order chi connectivity index (χ0) is 23.4. The van der Waals surface area contributed by atoms with Crippen molar-refractivity contribution in [2.24, 2.45) is 0 Å². The first kappa shape index (κ1) is 22.3. The maximum absolute atomic E-state index is 13.5. The molecule has 0 spiro atoms. The number of nitriles is 1. The van der Waals surface area contributed by atoms with Gasteiger partial charge in [-0.3, -0.25) is 14.0 Å². The number of anilines is 1. The highest BCUT2D eigenvalue weighted by Gasteiger charge is 2.23. The molecule has 0 bridgehead atoms. The van der Waals surface area contributed by atoms with Gasteiger partial charge in [-0.2, -0.15) is 5.26 Å². The maximum Gasteiger partial charge on any atom is 0.267 e. The molecule has 1 saturated heterocycles. The molecule has 3 aromatic heterocycles. The van der Waals surface area contributed by atoms with Crippen molar-refractivity contribution in [3.05, 3.63) is 69.5 Å². The molecule has 1 amide bonds. The molecule has 1 fully saturated rings. The summed E-state index contributed by atoms with van der Waals surface area (Å²) in [6.45, 7) is 8.23. The lowest BCUT2D eigenvalue weighted by atomic mass is 10.1. The number of hydrogen-bond donors (Lipinski definition) is 1. The minimum atomic E-state index is -0.579. The molecular formula is C24H26N6O3. The van der Waals surface area contributed by atoms with E-state index in [1.54, 1.807) is 24.4 Å². The van der Waals surface area contributed by atoms with Crippen molar-refractivity contribution < 1.29 is 9.21 Å². The van der Waals surface area contributed by atoms with Gasteiger partial charge in [-0.1, -0.05) is 13.0 Å². The summed E-state index contributed by atoms with van der Waals surface area (Å²) >= 11 is 0. The number of nitrogens with one attached hydrogen (secondary N) is 1. The summed E-state index contributed by atoms with van der Waals surface area (Å²) in [5, 5.41) is 12.3. The Hall–Kier alpha value is -3.90. The summed E-state index contributed by atoms with van der Waals surface area (Å²) in [5.74, 6) is 0.485. The fraction of sp³-hybridized carbons (Fsp3) is 0.333. The van der Waals surface area contributed by atoms with Crippen molar-refractivity contribution in [1.82, 2.24) is 19.6 Å². The molecule has 4 rings (SSSR count). The normalized spacial score (nSPS) is 14.9. The number of aryl methyl sites for hydroxylation is 1. The molecule has 1 aliphatic rings. The topological polar surface area (TPSA) is 107 Å². The number of carbonyl (C=O) groups is 1. The van der Waals surface area contributed by atoms with Crippen LogP contribution in [0.5, 0.6) is 0 Å². The van der Waals surface area contributed by atoms with Gasteiger partial charge >= 0.3 is 0 Å². The van der Waals surface area contributed by atoms with E-state index in [2.05, 4.69) is 22.0 Å². The first-order valence-corrected chi connectivity index (χ1v) is 10.9. The third kappa shape index (κ3) is 4.66. The number of likely N-dealkylation sites (N-methyl/N-ethyl adjacent to an activating group) is 1. The quantitative estimate of drug-likeness (QED) is 0.456. The lowest BCUT2D eigenvalue weighted by molar-refractivity contribution is -0.117. The van der Waals surface area contributed by atoms with Crippen LogP contribution in [-0.2, 0) is 11.3 Å². The molecule has 170 valence electrons. The summed E-state index contributed by atoms with van der Waals surface area (Å²) in [5.41, 5.74) is 1.18. The van der Waals surface area contributed by atoms with Gasteiger partial charge in [-0.15, -0.1) is 0 Å². The Morgan fingerprint density at radius 2 is 2.06 bits per heavy atom. The first-order chi connectivity index (χ1) is 16.0. The molecule has 0 aromatic carbocycles. The zero-order valence-corrected chi connectivity index (χ0v) is 18.7. The summed E-state index contributed by atoms with van der Waals surface area (Å²) in [4.78, 5) is 35.3. The van der Waals surface area contributed by atoms with E-state index in [-0.39, 0.29) is 23.2 Å². The lowest BCUT2D eigenvalue weighted by Crippen LogP contribution is -2.47. The standard InChI is InChI=1S/C24H26N6O3/c1-3-28-9-11-29(12-10-28)22-20(24(32)30-8-4-6-17(2)21(30)27-22)14-18(15-25)23(31)26-16-19-7-5-13-33-19/h4-8,13-14H,3,9-12,16H2,1-2H3,(H,26,31). The van der Waals surface area contributed by atoms with Gasteiger partial charge in [0.15, 0.2) is 0 Å². The molecule has 1 aliphatic heterocycles. The number of pyridine rings is 1. The summed E-state index contributed by atoms with van der Waals surface area (Å²) < 4.78 is 6.68. The third-order valence-corrected chi connectivity index (χ3v) is 5.84. The van der Waals surface area contributed by atoms with E-state index in [0.29, 0.717) is 30.3 Å². The Balaban J connectivity index is 1.75. The zero-order valence-electron chi connectivity index (χ0n) is 18.7. The summed E-state index contributed by atoms with van der Waals surface area (Å²) in [6.07, 6.45) is 4.51. The van der Waals surface area contributed by atoms with E-state index < -0.39 is 5.91 Å². The van der Waals surface area contributed by atoms with Crippen molar-refractivity contribution in [1.29, 1.82) is 5.26 Å². The van der Waals surface area contributed by atoms with E-state index in [1.807, 2.05) is 19.1 Å². The summed E-state index contributed by atoms with van der Waals surface area (Å²) in [6, 6.07) is 9.06. The average Bonchev–Trinajstić information content (AvgIpc) is 3.36. The van der Waals surface area contributed by atoms with E-state index in [9.17, 15) is 14.9 Å². The fourth-order valence-electron chi connectivity index (χ4n) is 3.91. The third-order valence-electron chi connectivity index (χ3n) is 5.84. The minimum absolute atomic E-state index is 0.144. The van der Waals surface area contributed by atoms with Crippen LogP contribution in [0.1, 0.15) is 23.8 Å². The van der Waals surface area contributed by atoms with Crippen molar-refractivity contribution >= 4 is 23.4 Å². The van der Waals surface area contributed by atoms with E-state index in [0.717, 1.165) is 25.2 Å². The molecule has 1 N–H and O–H groups in total. The largest absolute Gasteiger partial charge is 0.467 e. The molecule has 9 nitrogen and oxygen atoms in total. The molecule has 0 unspecified atom stereocenters. The molecule has 0 aliphatic carbocycles. The lowest BCUT2D eigenvalue weighted by Gasteiger charge is -2.35. The number of rotatable bonds is 6. The monoisotopic (exact) mass is 446 g/mol. The predicted octanol–water partition coefficient (Wildman–Crippen LogP) is 1.96. The van der Waals surface area contributed by atoms with Crippen LogP contribution in [0.4, 0.5) is 5.82 Å². The Bertz CT molecular complexity index is 1280. The van der Waals surface area contributed by atoms with Crippen LogP contribution in [0.2, 0.25) is 0 Å². The van der Waals surface area contributed by atoms with Gasteiger partial charge in [0.25, 0.3) is 11.5 Å². The average molecular weight is 447 g/mol. The maximum atomic E-state index is 13.5. The number of aromatic nitrogens is 2. The number of carbonyl (C=O) groups excluding carboxylic acids is 1. The second kappa shape index (κ2) is 9.71. The van der Waals surface area contributed by atoms with Crippen LogP contribution in [0.3, 0.4) is 0 Å². The fourth-order valence-corrected chi connectivity index (χ4v) is 3.91. The van der Waals surface area contributed by atoms with E-state index >= 15 is 0 Å². The number of hydrogen-bond acceptors (Lipinski definition) is 7. The molecule has 0 saturated carbocycles. The molecule has 3 aromatic rings. The Morgan fingerprint density at radius 1 is 1.27 bits per heavy atom. The number of amides is 1. The molecular weight excluding hydrogens is 420 g/mol. The number of furan rings is 1. The number of fused-ring (bicyclic) bond motifs is 1. The number of piperazine rings is 1. The Kier molecular flexibility index (Phi) is 6.56. The van der Waals surface area contributed by atoms with Crippen LogP contribution < -0.4 is 15.8 Å². The van der Waals surface area contributed by atoms with Crippen molar-refractivity contribution in [2.45, 2.75) is 20.4 Å². The van der Waals surface area contributed by atoms with Crippen LogP contribution >= 0.6 is 0 Å². The highest BCUT2D eigenvalue weighted by molar-refractivity contribution is 6.02. The number of nitrogens with zero attached hydrogens (tertiary/aromatic N) is 5. The Morgan fingerprint density at radius 3 is 2.73 bits per heavy atom. The minimum Gasteiger partial charge on any atom is -0.467 e. The van der Waals surface area contributed by atoms with Crippen LogP contribution in [0, 0.1) is 18.3 Å². The smallest absolute Gasteiger partial charge is 0.267 e. The van der Waals surface area contributed by atoms with Gasteiger partial charge in [0.1, 0.15) is 28.9 Å². The van der Waals surface area contributed by atoms with Gasteiger partial charge in [-0.25, -0.2) is 4.98 Å². The van der Waals surface area contributed by atoms with E-state index in [4.69, 9.17) is 9.40 Å². The van der Waals surface area contributed by atoms with Gasteiger partial charge in [-0.05, 0) is 43.3 Å². The first-order valence-electron chi connectivity index (χ1n) is 10.9. The van der Waals surface area contributed by atoms with Crippen LogP contribution in [0.15, 0.2) is 51.5 Å². The molecule has 33 heavy (non-hydrogen) atoms. The second-order valence-electron chi connectivity index (χ2n) is 7.89. The summed E-state index contributed by atoms with van der Waals surface area (Å²) in [7, 11) is 0. The second-order valence-corrected chi connectivity index (χ2v) is 7.89. The molecule has 4 heterocycles. The highest BCUT2D eigenvalue weighted by Crippen LogP contribution is 2.22. The SMILES string of the molecule is CCN1CCN(c2nc3c(C)cccn3c(=O)c2C=C(C#N)C(=O)NCc2ccco2)CC1. The molecule has 0 radical (unpaired) electrons. The van der Waals surface area contributed by atoms with Crippen LogP contribution in [-0.4, -0.2) is 52.9 Å². The molecule has 0 atom stereocenters. The van der Waals surface area contributed by atoms with Crippen molar-refractivity contribution in [3.63, 3.8) is 0 Å². The van der Waals surface area contributed by atoms with Gasteiger partial charge in [0.2, 0.25) is 0 Å². The van der Waals surface area contributed by atoms with Crippen LogP contribution in [0.25, 0.3) is 11.7 Å². The van der Waals surface area contributed by atoms with Gasteiger partial charge < -0.3 is 19.5 Å².